The standard InChI is InChI=1S/C27H31F2N7O/c1-30-26-12-24-20(14-32-26)27(17-13-33-35(16-17)23-10-11-31-15-22(23)29)34-36(24)18-6-8-19(9-7-18)37-25-5-3-2-4-21(25)28/h2-5,12-14,16,18-19,22-23,31H,6-11,15H2,1H3,(H,30,32)/t18?,19?,22-,23-/m0/s1. The predicted octanol–water partition coefficient (Wildman–Crippen LogP) is 4.91. The number of ether oxygens (including phenoxy) is 1. The van der Waals surface area contributed by atoms with Crippen molar-refractivity contribution in [2.24, 2.45) is 0 Å². The number of benzene rings is 1. The average Bonchev–Trinajstić information content (AvgIpc) is 3.55. The molecule has 194 valence electrons. The Hall–Kier alpha value is -3.53. The highest BCUT2D eigenvalue weighted by Crippen LogP contribution is 2.37. The number of rotatable bonds is 6. The monoisotopic (exact) mass is 507 g/mol. The van der Waals surface area contributed by atoms with E-state index in [1.807, 2.05) is 25.5 Å². The van der Waals surface area contributed by atoms with E-state index >= 15 is 0 Å². The van der Waals surface area contributed by atoms with Gasteiger partial charge in [-0.2, -0.15) is 10.2 Å². The maximum atomic E-state index is 14.5. The van der Waals surface area contributed by atoms with Crippen molar-refractivity contribution < 1.29 is 13.5 Å². The summed E-state index contributed by atoms with van der Waals surface area (Å²) in [5.74, 6) is 0.745. The summed E-state index contributed by atoms with van der Waals surface area (Å²) in [6.07, 6.45) is 8.56. The number of piperidine rings is 1. The van der Waals surface area contributed by atoms with Crippen molar-refractivity contribution in [2.75, 3.05) is 25.5 Å². The van der Waals surface area contributed by atoms with Gasteiger partial charge in [-0.1, -0.05) is 12.1 Å². The van der Waals surface area contributed by atoms with Crippen molar-refractivity contribution in [3.05, 3.63) is 54.7 Å². The Morgan fingerprint density at radius 2 is 1.95 bits per heavy atom. The van der Waals surface area contributed by atoms with Gasteiger partial charge in [-0.25, -0.2) is 13.8 Å². The molecule has 0 unspecified atom stereocenters. The first kappa shape index (κ1) is 23.8. The molecule has 4 aromatic rings. The van der Waals surface area contributed by atoms with Crippen molar-refractivity contribution in [3.8, 4) is 17.0 Å². The van der Waals surface area contributed by atoms with Crippen molar-refractivity contribution in [1.29, 1.82) is 0 Å². The molecule has 1 aliphatic heterocycles. The van der Waals surface area contributed by atoms with Gasteiger partial charge in [-0.15, -0.1) is 0 Å². The third-order valence-corrected chi connectivity index (χ3v) is 7.56. The summed E-state index contributed by atoms with van der Waals surface area (Å²) in [5.41, 5.74) is 2.64. The van der Waals surface area contributed by atoms with E-state index in [1.165, 1.54) is 6.07 Å². The van der Waals surface area contributed by atoms with Crippen molar-refractivity contribution in [1.82, 2.24) is 29.9 Å². The van der Waals surface area contributed by atoms with E-state index in [9.17, 15) is 8.78 Å². The van der Waals surface area contributed by atoms with Crippen LogP contribution in [0.25, 0.3) is 22.2 Å². The molecule has 0 spiro atoms. The molecule has 1 aliphatic carbocycles. The van der Waals surface area contributed by atoms with Crippen LogP contribution in [-0.4, -0.2) is 57.0 Å². The lowest BCUT2D eigenvalue weighted by Gasteiger charge is -2.29. The molecule has 4 heterocycles. The fraction of sp³-hybridized carbons (Fsp3) is 0.444. The molecule has 0 radical (unpaired) electrons. The number of fused-ring (bicyclic) bond motifs is 1. The first-order valence-corrected chi connectivity index (χ1v) is 13.0. The molecule has 2 fully saturated rings. The highest BCUT2D eigenvalue weighted by atomic mass is 19.1. The zero-order valence-electron chi connectivity index (χ0n) is 20.8. The molecule has 8 nitrogen and oxygen atoms in total. The Labute approximate surface area is 214 Å². The Kier molecular flexibility index (Phi) is 6.50. The minimum atomic E-state index is -0.975. The normalized spacial score (nSPS) is 24.3. The van der Waals surface area contributed by atoms with Crippen molar-refractivity contribution in [3.63, 3.8) is 0 Å². The van der Waals surface area contributed by atoms with Gasteiger partial charge < -0.3 is 15.4 Å². The number of para-hydroxylation sites is 1. The van der Waals surface area contributed by atoms with Crippen LogP contribution in [0.3, 0.4) is 0 Å². The van der Waals surface area contributed by atoms with Gasteiger partial charge in [0, 0.05) is 43.0 Å². The van der Waals surface area contributed by atoms with Gasteiger partial charge in [0.05, 0.1) is 29.9 Å². The summed E-state index contributed by atoms with van der Waals surface area (Å²) in [6, 6.07) is 8.47. The molecular formula is C27H31F2N7O. The number of hydrogen-bond acceptors (Lipinski definition) is 6. The first-order valence-electron chi connectivity index (χ1n) is 13.0. The number of alkyl halides is 1. The molecular weight excluding hydrogens is 476 g/mol. The van der Waals surface area contributed by atoms with Crippen LogP contribution in [-0.2, 0) is 0 Å². The van der Waals surface area contributed by atoms with E-state index in [0.717, 1.165) is 60.2 Å². The molecule has 0 bridgehead atoms. The quantitative estimate of drug-likeness (QED) is 0.386. The molecule has 0 amide bonds. The predicted molar refractivity (Wildman–Crippen MR) is 138 cm³/mol. The van der Waals surface area contributed by atoms with Gasteiger partial charge in [0.2, 0.25) is 0 Å². The molecule has 1 saturated heterocycles. The zero-order chi connectivity index (χ0) is 25.4. The van der Waals surface area contributed by atoms with Crippen LogP contribution in [0.4, 0.5) is 14.6 Å². The van der Waals surface area contributed by atoms with Gasteiger partial charge >= 0.3 is 0 Å². The molecule has 3 aromatic heterocycles. The van der Waals surface area contributed by atoms with Crippen LogP contribution >= 0.6 is 0 Å². The molecule has 2 N–H and O–H groups in total. The largest absolute Gasteiger partial charge is 0.487 e. The van der Waals surface area contributed by atoms with E-state index in [1.54, 1.807) is 29.1 Å². The minimum absolute atomic E-state index is 0.0270. The summed E-state index contributed by atoms with van der Waals surface area (Å²) in [7, 11) is 1.84. The van der Waals surface area contributed by atoms with Crippen LogP contribution in [0, 0.1) is 5.82 Å². The maximum absolute atomic E-state index is 14.5. The summed E-state index contributed by atoms with van der Waals surface area (Å²) in [4.78, 5) is 4.53. The molecule has 2 atom stereocenters. The summed E-state index contributed by atoms with van der Waals surface area (Å²) >= 11 is 0. The van der Waals surface area contributed by atoms with Crippen LogP contribution in [0.15, 0.2) is 48.9 Å². The molecule has 6 rings (SSSR count). The van der Waals surface area contributed by atoms with Crippen molar-refractivity contribution >= 4 is 16.7 Å². The topological polar surface area (TPSA) is 81.8 Å². The maximum Gasteiger partial charge on any atom is 0.165 e. The summed E-state index contributed by atoms with van der Waals surface area (Å²) < 4.78 is 38.4. The average molecular weight is 508 g/mol. The molecule has 1 aromatic carbocycles. The van der Waals surface area contributed by atoms with Crippen LogP contribution < -0.4 is 15.4 Å². The second kappa shape index (κ2) is 10.1. The van der Waals surface area contributed by atoms with Gasteiger partial charge in [0.25, 0.3) is 0 Å². The number of aromatic nitrogens is 5. The second-order valence-electron chi connectivity index (χ2n) is 9.89. The van der Waals surface area contributed by atoms with Crippen LogP contribution in [0.5, 0.6) is 5.75 Å². The Morgan fingerprint density at radius 3 is 2.73 bits per heavy atom. The SMILES string of the molecule is CNc1cc2c(cn1)c(-c1cnn([C@H]3CCNC[C@@H]3F)c1)nn2C1CCC(Oc2ccccc2F)CC1. The zero-order valence-corrected chi connectivity index (χ0v) is 20.8. The fourth-order valence-electron chi connectivity index (χ4n) is 5.53. The van der Waals surface area contributed by atoms with Gasteiger partial charge in [-0.05, 0) is 50.8 Å². The first-order chi connectivity index (χ1) is 18.1. The molecule has 2 aliphatic rings. The van der Waals surface area contributed by atoms with E-state index in [0.29, 0.717) is 18.7 Å². The van der Waals surface area contributed by atoms with E-state index in [2.05, 4.69) is 25.4 Å². The van der Waals surface area contributed by atoms with E-state index in [-0.39, 0.29) is 24.0 Å². The smallest absolute Gasteiger partial charge is 0.165 e. The van der Waals surface area contributed by atoms with Gasteiger partial charge in [0.1, 0.15) is 17.7 Å². The van der Waals surface area contributed by atoms with E-state index in [4.69, 9.17) is 9.84 Å². The number of halogens is 2. The number of hydrogen-bond donors (Lipinski definition) is 2. The lowest BCUT2D eigenvalue weighted by molar-refractivity contribution is 0.126. The fourth-order valence-corrected chi connectivity index (χ4v) is 5.53. The number of pyridine rings is 1. The van der Waals surface area contributed by atoms with Gasteiger partial charge in [0.15, 0.2) is 11.6 Å². The van der Waals surface area contributed by atoms with Gasteiger partial charge in [-0.3, -0.25) is 9.36 Å². The highest BCUT2D eigenvalue weighted by molar-refractivity contribution is 5.93. The third kappa shape index (κ3) is 4.66. The molecule has 1 saturated carbocycles. The number of nitrogens with zero attached hydrogens (tertiary/aromatic N) is 5. The number of anilines is 1. The minimum Gasteiger partial charge on any atom is -0.487 e. The van der Waals surface area contributed by atoms with E-state index < -0.39 is 6.17 Å². The highest BCUT2D eigenvalue weighted by Gasteiger charge is 2.29. The summed E-state index contributed by atoms with van der Waals surface area (Å²) in [5, 5.41) is 16.7. The molecule has 37 heavy (non-hydrogen) atoms. The lowest BCUT2D eigenvalue weighted by Crippen LogP contribution is -2.39. The van der Waals surface area contributed by atoms with Crippen molar-refractivity contribution in [2.45, 2.75) is 56.5 Å². The third-order valence-electron chi connectivity index (χ3n) is 7.56. The second-order valence-corrected chi connectivity index (χ2v) is 9.89. The molecule has 10 heteroatoms. The summed E-state index contributed by atoms with van der Waals surface area (Å²) in [6.45, 7) is 1.12. The Morgan fingerprint density at radius 1 is 1.11 bits per heavy atom. The Balaban J connectivity index is 1.27. The number of nitrogens with one attached hydrogen (secondary N) is 2. The van der Waals surface area contributed by atoms with Crippen LogP contribution in [0.2, 0.25) is 0 Å². The Bertz CT molecular complexity index is 1380. The lowest BCUT2D eigenvalue weighted by atomic mass is 9.93. The van der Waals surface area contributed by atoms with Crippen LogP contribution in [0.1, 0.15) is 44.2 Å².